The molecule has 9 aromatic rings. The first-order valence-corrected chi connectivity index (χ1v) is 28.6. The van der Waals surface area contributed by atoms with Crippen molar-refractivity contribution in [3.63, 3.8) is 0 Å². The van der Waals surface area contributed by atoms with Crippen molar-refractivity contribution in [2.45, 2.75) is 98.8 Å². The quantitative estimate of drug-likeness (QED) is 0.0499. The lowest BCUT2D eigenvalue weighted by Crippen LogP contribution is -2.63. The Bertz CT molecular complexity index is 3350. The lowest BCUT2D eigenvalue weighted by molar-refractivity contribution is -0.335. The number of fused-ring (bicyclic) bond motifs is 1. The topological polar surface area (TPSA) is 152 Å². The van der Waals surface area contributed by atoms with Gasteiger partial charge >= 0.3 is 11.9 Å². The molecule has 10 atom stereocenters. The van der Waals surface area contributed by atoms with Gasteiger partial charge < -0.3 is 51.8 Å². The summed E-state index contributed by atoms with van der Waals surface area (Å²) < 4.78 is 75.1. The molecule has 14 nitrogen and oxygen atoms in total. The summed E-state index contributed by atoms with van der Waals surface area (Å²) in [6.07, 6.45) is -9.51. The van der Waals surface area contributed by atoms with Crippen LogP contribution in [0, 0.1) is 0 Å². The first kappa shape index (κ1) is 57.0. The Hall–Kier alpha value is -7.80. The molecule has 0 saturated carbocycles. The van der Waals surface area contributed by atoms with Crippen LogP contribution < -0.4 is 0 Å². The first-order chi connectivity index (χ1) is 41.0. The summed E-state index contributed by atoms with van der Waals surface area (Å²) in [5, 5.41) is 0.264. The molecule has 8 aromatic carbocycles. The van der Waals surface area contributed by atoms with Gasteiger partial charge in [0, 0.05) is 0 Å². The van der Waals surface area contributed by atoms with Crippen LogP contribution in [0.25, 0.3) is 11.1 Å². The van der Waals surface area contributed by atoms with Gasteiger partial charge in [0.15, 0.2) is 24.1 Å². The van der Waals surface area contributed by atoms with Crippen LogP contribution in [-0.2, 0) is 80.4 Å². The maximum Gasteiger partial charge on any atom is 0.338 e. The van der Waals surface area contributed by atoms with Crippen molar-refractivity contribution in [1.82, 2.24) is 4.98 Å². The highest BCUT2D eigenvalue weighted by molar-refractivity contribution is 7.99. The van der Waals surface area contributed by atoms with Crippen LogP contribution in [0.5, 0.6) is 0 Å². The molecular weight excluding hydrogens is 1070 g/mol. The Morgan fingerprint density at radius 2 is 0.795 bits per heavy atom. The molecule has 0 aliphatic carbocycles. The van der Waals surface area contributed by atoms with Gasteiger partial charge in [0.2, 0.25) is 0 Å². The summed E-state index contributed by atoms with van der Waals surface area (Å²) >= 11 is 1.14. The zero-order valence-electron chi connectivity index (χ0n) is 45.4. The van der Waals surface area contributed by atoms with Crippen molar-refractivity contribution in [3.05, 3.63) is 276 Å². The van der Waals surface area contributed by atoms with Gasteiger partial charge in [-0.25, -0.2) is 14.6 Å². The van der Waals surface area contributed by atoms with Crippen molar-refractivity contribution in [2.75, 3.05) is 13.2 Å². The number of para-hydroxylation sites is 2. The molecule has 0 unspecified atom stereocenters. The first-order valence-electron chi connectivity index (χ1n) is 27.7. The summed E-state index contributed by atoms with van der Waals surface area (Å²) in [4.78, 5) is 33.9. The second kappa shape index (κ2) is 28.9. The zero-order chi connectivity index (χ0) is 56.4. The highest BCUT2D eigenvalue weighted by Crippen LogP contribution is 2.40. The number of ether oxygens (including phenoxy) is 10. The number of nitrogens with zero attached hydrogens (tertiary/aromatic N) is 1. The minimum absolute atomic E-state index is 0.0708. The Kier molecular flexibility index (Phi) is 19.9. The number of esters is 2. The van der Waals surface area contributed by atoms with E-state index in [1.165, 1.54) is 0 Å². The van der Waals surface area contributed by atoms with Crippen molar-refractivity contribution in [3.8, 4) is 0 Å². The molecule has 0 N–H and O–H groups in total. The second-order valence-corrected chi connectivity index (χ2v) is 21.1. The highest BCUT2D eigenvalue weighted by Gasteiger charge is 2.54. The molecule has 0 amide bonds. The van der Waals surface area contributed by atoms with E-state index < -0.39 is 72.5 Å². The van der Waals surface area contributed by atoms with Gasteiger partial charge in [0.1, 0.15) is 47.6 Å². The molecule has 0 radical (unpaired) electrons. The average molecular weight is 1130 g/mol. The van der Waals surface area contributed by atoms with Gasteiger partial charge in [0.25, 0.3) is 5.22 Å². The van der Waals surface area contributed by atoms with E-state index in [9.17, 15) is 9.59 Å². The maximum atomic E-state index is 14.6. The largest absolute Gasteiger partial charge is 0.452 e. The molecule has 2 fully saturated rings. The number of hydrogen-bond acceptors (Lipinski definition) is 15. The summed E-state index contributed by atoms with van der Waals surface area (Å²) in [5.41, 5.74) is 5.28. The van der Waals surface area contributed by atoms with E-state index in [0.717, 1.165) is 39.6 Å². The predicted octanol–water partition coefficient (Wildman–Crippen LogP) is 12.4. The molecular formula is C68H63NO13S. The molecule has 2 aliphatic heterocycles. The fourth-order valence-electron chi connectivity index (χ4n) is 9.93. The average Bonchev–Trinajstić information content (AvgIpc) is 4.06. The number of oxazole rings is 1. The maximum absolute atomic E-state index is 14.6. The zero-order valence-corrected chi connectivity index (χ0v) is 46.2. The Morgan fingerprint density at radius 3 is 1.30 bits per heavy atom. The third-order valence-corrected chi connectivity index (χ3v) is 15.1. The van der Waals surface area contributed by atoms with Gasteiger partial charge in [-0.3, -0.25) is 0 Å². The van der Waals surface area contributed by atoms with Gasteiger partial charge in [-0.05, 0) is 76.0 Å². The minimum atomic E-state index is -1.36. The highest BCUT2D eigenvalue weighted by atomic mass is 32.2. The van der Waals surface area contributed by atoms with Crippen LogP contribution >= 0.6 is 11.8 Å². The number of benzene rings is 8. The summed E-state index contributed by atoms with van der Waals surface area (Å²) in [7, 11) is 0. The lowest BCUT2D eigenvalue weighted by atomic mass is 9.97. The third kappa shape index (κ3) is 15.5. The summed E-state index contributed by atoms with van der Waals surface area (Å²) in [6.45, 7) is 0.705. The van der Waals surface area contributed by atoms with Crippen LogP contribution in [0.2, 0.25) is 0 Å². The number of thioether (sulfide) groups is 1. The monoisotopic (exact) mass is 1130 g/mol. The number of rotatable bonds is 25. The summed E-state index contributed by atoms with van der Waals surface area (Å²) in [5.74, 6) is -1.38. The molecule has 11 rings (SSSR count). The third-order valence-electron chi connectivity index (χ3n) is 14.1. The van der Waals surface area contributed by atoms with Crippen molar-refractivity contribution in [1.29, 1.82) is 0 Å². The fraction of sp³-hybridized carbons (Fsp3) is 0.250. The Labute approximate surface area is 486 Å². The fourth-order valence-corrected chi connectivity index (χ4v) is 11.0. The SMILES string of the molecule is O=C(O[C@@H]1[C@@H](OCc2ccccc2)[C@H](Sc2nc3ccccc3o2)O[C@H](CO[C@H]2O[C@H](COCc3ccccc3)[C@@H](OCc3ccccc3)[C@H](OCc3ccccc3)[C@H]2OCc2ccccc2)[C@H]1OC(=O)c1ccccc1)c1ccccc1. The van der Waals surface area contributed by atoms with Crippen LogP contribution in [0.3, 0.4) is 0 Å². The molecule has 0 bridgehead atoms. The van der Waals surface area contributed by atoms with Crippen molar-refractivity contribution in [2.24, 2.45) is 0 Å². The van der Waals surface area contributed by atoms with Gasteiger partial charge in [-0.15, -0.1) is 0 Å². The van der Waals surface area contributed by atoms with Crippen molar-refractivity contribution >= 4 is 34.8 Å². The number of hydrogen-bond donors (Lipinski definition) is 0. The summed E-state index contributed by atoms with van der Waals surface area (Å²) in [6, 6.07) is 73.6. The van der Waals surface area contributed by atoms with E-state index in [2.05, 4.69) is 0 Å². The van der Waals surface area contributed by atoms with Crippen LogP contribution in [0.4, 0.5) is 0 Å². The second-order valence-electron chi connectivity index (χ2n) is 20.0. The molecule has 2 aliphatic rings. The molecule has 1 aromatic heterocycles. The standard InChI is InChI=1S/C68H63NO13S/c70-64(52-34-18-6-19-35-52)81-59-57(79-67(83-68-69-54-38-22-23-39-55(54)80-68)63(76-44-51-32-16-5-17-33-51)61(59)82-65(71)53-36-20-7-21-37-53)46-77-66-62(75-43-50-30-14-4-15-31-50)60(74-42-49-28-12-3-13-29-49)58(73-41-48-26-10-2-11-27-48)56(78-66)45-72-40-47-24-8-1-9-25-47/h1-39,56-63,66-67H,40-46H2/t56-,57-,58-,59-,60+,61+,62-,63-,66+,67+/m1/s1. The number of carbonyl (C=O) groups excluding carboxylic acids is 2. The molecule has 0 spiro atoms. The molecule has 2 saturated heterocycles. The predicted molar refractivity (Wildman–Crippen MR) is 311 cm³/mol. The number of aromatic nitrogens is 1. The van der Waals surface area contributed by atoms with Gasteiger partial charge in [-0.1, -0.05) is 200 Å². The molecule has 83 heavy (non-hydrogen) atoms. The van der Waals surface area contributed by atoms with Crippen LogP contribution in [0.15, 0.2) is 246 Å². The van der Waals surface area contributed by atoms with E-state index >= 15 is 0 Å². The van der Waals surface area contributed by atoms with Crippen LogP contribution in [-0.4, -0.2) is 90.7 Å². The van der Waals surface area contributed by atoms with Gasteiger partial charge in [0.05, 0.1) is 57.4 Å². The Balaban J connectivity index is 0.984. The lowest BCUT2D eigenvalue weighted by Gasteiger charge is -2.47. The van der Waals surface area contributed by atoms with E-state index in [1.807, 2.05) is 176 Å². The normalized spacial score (nSPS) is 22.4. The van der Waals surface area contributed by atoms with E-state index in [1.54, 1.807) is 60.7 Å². The van der Waals surface area contributed by atoms with E-state index in [4.69, 9.17) is 56.8 Å². The van der Waals surface area contributed by atoms with E-state index in [-0.39, 0.29) is 56.0 Å². The Morgan fingerprint density at radius 1 is 0.386 bits per heavy atom. The van der Waals surface area contributed by atoms with Gasteiger partial charge in [-0.2, -0.15) is 0 Å². The van der Waals surface area contributed by atoms with E-state index in [0.29, 0.717) is 17.7 Å². The molecule has 15 heteroatoms. The molecule has 3 heterocycles. The minimum Gasteiger partial charge on any atom is -0.452 e. The van der Waals surface area contributed by atoms with Crippen LogP contribution in [0.1, 0.15) is 48.5 Å². The molecule has 424 valence electrons. The van der Waals surface area contributed by atoms with Crippen molar-refractivity contribution < 1.29 is 61.4 Å². The number of carbonyl (C=O) groups is 2. The smallest absolute Gasteiger partial charge is 0.338 e.